The molecule has 1 amide bonds. The lowest BCUT2D eigenvalue weighted by Crippen LogP contribution is -2.24. The average molecular weight is 311 g/mol. The lowest BCUT2D eigenvalue weighted by Gasteiger charge is -2.12. The van der Waals surface area contributed by atoms with Crippen LogP contribution in [0.15, 0.2) is 54.6 Å². The van der Waals surface area contributed by atoms with Crippen LogP contribution in [0.1, 0.15) is 34.6 Å². The molecule has 0 fully saturated rings. The summed E-state index contributed by atoms with van der Waals surface area (Å²) in [6.45, 7) is 2.94. The number of carbonyl (C=O) groups is 3. The molecule has 0 unspecified atom stereocenters. The van der Waals surface area contributed by atoms with E-state index in [-0.39, 0.29) is 11.7 Å². The first-order valence-corrected chi connectivity index (χ1v) is 7.15. The number of amides is 1. The Balaban J connectivity index is 2.01. The summed E-state index contributed by atoms with van der Waals surface area (Å²) >= 11 is 0. The molecule has 0 saturated heterocycles. The molecule has 0 saturated carbocycles. The highest BCUT2D eigenvalue weighted by Crippen LogP contribution is 2.13. The van der Waals surface area contributed by atoms with Gasteiger partial charge in [0.2, 0.25) is 11.7 Å². The van der Waals surface area contributed by atoms with Crippen LogP contribution in [-0.2, 0) is 9.53 Å². The SMILES string of the molecule is CC(=O)Nc1ccc(C(=O)O[C@H](C)C(=O)c2ccccc2)cc1. The van der Waals surface area contributed by atoms with Crippen LogP contribution in [-0.4, -0.2) is 23.8 Å². The standard InChI is InChI=1S/C18H17NO4/c1-12(17(21)14-6-4-3-5-7-14)23-18(22)15-8-10-16(11-9-15)19-13(2)20/h3-12H,1-2H3,(H,19,20)/t12-/m1/s1. The molecule has 0 aliphatic carbocycles. The number of ether oxygens (including phenoxy) is 1. The Labute approximate surface area is 134 Å². The highest BCUT2D eigenvalue weighted by atomic mass is 16.5. The van der Waals surface area contributed by atoms with Crippen molar-refractivity contribution in [2.24, 2.45) is 0 Å². The van der Waals surface area contributed by atoms with Crippen molar-refractivity contribution in [3.8, 4) is 0 Å². The minimum Gasteiger partial charge on any atom is -0.451 e. The molecule has 1 N–H and O–H groups in total. The lowest BCUT2D eigenvalue weighted by atomic mass is 10.1. The molecular weight excluding hydrogens is 294 g/mol. The second-order valence-electron chi connectivity index (χ2n) is 5.04. The molecule has 0 aliphatic rings. The molecule has 0 spiro atoms. The van der Waals surface area contributed by atoms with E-state index >= 15 is 0 Å². The fourth-order valence-electron chi connectivity index (χ4n) is 2.01. The fourth-order valence-corrected chi connectivity index (χ4v) is 2.01. The molecule has 2 rings (SSSR count). The minimum absolute atomic E-state index is 0.192. The van der Waals surface area contributed by atoms with E-state index < -0.39 is 12.1 Å². The van der Waals surface area contributed by atoms with Crippen LogP contribution < -0.4 is 5.32 Å². The fraction of sp³-hybridized carbons (Fsp3) is 0.167. The summed E-state index contributed by atoms with van der Waals surface area (Å²) in [6.07, 6.45) is -0.875. The van der Waals surface area contributed by atoms with E-state index in [0.717, 1.165) is 0 Å². The number of hydrogen-bond acceptors (Lipinski definition) is 4. The van der Waals surface area contributed by atoms with Gasteiger partial charge in [-0.1, -0.05) is 30.3 Å². The van der Waals surface area contributed by atoms with Crippen molar-refractivity contribution < 1.29 is 19.1 Å². The Morgan fingerprint density at radius 1 is 0.913 bits per heavy atom. The molecule has 2 aromatic carbocycles. The summed E-state index contributed by atoms with van der Waals surface area (Å²) < 4.78 is 5.20. The molecule has 0 radical (unpaired) electrons. The highest BCUT2D eigenvalue weighted by Gasteiger charge is 2.20. The Kier molecular flexibility index (Phi) is 5.25. The monoisotopic (exact) mass is 311 g/mol. The van der Waals surface area contributed by atoms with Crippen molar-refractivity contribution in [3.05, 3.63) is 65.7 Å². The summed E-state index contributed by atoms with van der Waals surface area (Å²) in [5.41, 5.74) is 1.39. The Morgan fingerprint density at radius 3 is 2.09 bits per heavy atom. The van der Waals surface area contributed by atoms with Gasteiger partial charge in [-0.05, 0) is 31.2 Å². The Bertz CT molecular complexity index is 708. The van der Waals surface area contributed by atoms with Gasteiger partial charge in [0.05, 0.1) is 5.56 Å². The Hall–Kier alpha value is -2.95. The van der Waals surface area contributed by atoms with Gasteiger partial charge in [-0.3, -0.25) is 9.59 Å². The zero-order valence-electron chi connectivity index (χ0n) is 12.9. The van der Waals surface area contributed by atoms with Crippen molar-refractivity contribution in [2.45, 2.75) is 20.0 Å². The summed E-state index contributed by atoms with van der Waals surface area (Å²) in [6, 6.07) is 14.9. The molecule has 0 bridgehead atoms. The zero-order chi connectivity index (χ0) is 16.8. The van der Waals surface area contributed by atoms with Crippen molar-refractivity contribution in [3.63, 3.8) is 0 Å². The van der Waals surface area contributed by atoms with E-state index in [1.54, 1.807) is 43.3 Å². The van der Waals surface area contributed by atoms with E-state index in [2.05, 4.69) is 5.32 Å². The van der Waals surface area contributed by atoms with Gasteiger partial charge in [-0.15, -0.1) is 0 Å². The first-order valence-electron chi connectivity index (χ1n) is 7.15. The van der Waals surface area contributed by atoms with Crippen molar-refractivity contribution in [1.82, 2.24) is 0 Å². The van der Waals surface area contributed by atoms with Gasteiger partial charge in [0.1, 0.15) is 0 Å². The first kappa shape index (κ1) is 16.4. The van der Waals surface area contributed by atoms with Crippen molar-refractivity contribution in [2.75, 3.05) is 5.32 Å². The molecule has 0 aliphatic heterocycles. The van der Waals surface area contributed by atoms with Gasteiger partial charge >= 0.3 is 5.97 Å². The van der Waals surface area contributed by atoms with Crippen molar-refractivity contribution in [1.29, 1.82) is 0 Å². The van der Waals surface area contributed by atoms with Gasteiger partial charge in [-0.25, -0.2) is 4.79 Å². The third-order valence-corrected chi connectivity index (χ3v) is 3.15. The lowest BCUT2D eigenvalue weighted by molar-refractivity contribution is -0.114. The van der Waals surface area contributed by atoms with Gasteiger partial charge in [0.15, 0.2) is 6.10 Å². The summed E-state index contributed by atoms with van der Waals surface area (Å²) in [5.74, 6) is -1.03. The number of anilines is 1. The summed E-state index contributed by atoms with van der Waals surface area (Å²) in [7, 11) is 0. The molecule has 2 aromatic rings. The second kappa shape index (κ2) is 7.35. The topological polar surface area (TPSA) is 72.5 Å². The predicted molar refractivity (Wildman–Crippen MR) is 86.4 cm³/mol. The largest absolute Gasteiger partial charge is 0.451 e. The van der Waals surface area contributed by atoms with Crippen LogP contribution in [0.25, 0.3) is 0 Å². The molecule has 0 heterocycles. The minimum atomic E-state index is -0.875. The predicted octanol–water partition coefficient (Wildman–Crippen LogP) is 3.07. The maximum absolute atomic E-state index is 12.2. The molecule has 23 heavy (non-hydrogen) atoms. The average Bonchev–Trinajstić information content (AvgIpc) is 2.55. The number of rotatable bonds is 5. The molecule has 1 atom stereocenters. The van der Waals surface area contributed by atoms with Crippen molar-refractivity contribution >= 4 is 23.3 Å². The van der Waals surface area contributed by atoms with Gasteiger partial charge < -0.3 is 10.1 Å². The van der Waals surface area contributed by atoms with Crippen LogP contribution >= 0.6 is 0 Å². The van der Waals surface area contributed by atoms with E-state index in [1.165, 1.54) is 19.1 Å². The second-order valence-corrected chi connectivity index (χ2v) is 5.04. The quantitative estimate of drug-likeness (QED) is 0.680. The molecule has 118 valence electrons. The number of esters is 1. The number of nitrogens with one attached hydrogen (secondary N) is 1. The van der Waals surface area contributed by atoms with Gasteiger partial charge in [0, 0.05) is 18.2 Å². The number of carbonyl (C=O) groups excluding carboxylic acids is 3. The summed E-state index contributed by atoms with van der Waals surface area (Å²) in [5, 5.41) is 2.61. The van der Waals surface area contributed by atoms with Gasteiger partial charge in [-0.2, -0.15) is 0 Å². The highest BCUT2D eigenvalue weighted by molar-refractivity contribution is 6.01. The number of ketones is 1. The molecular formula is C18H17NO4. The third-order valence-electron chi connectivity index (χ3n) is 3.15. The number of hydrogen-bond donors (Lipinski definition) is 1. The van der Waals surface area contributed by atoms with Crippen LogP contribution in [0.2, 0.25) is 0 Å². The van der Waals surface area contributed by atoms with E-state index in [0.29, 0.717) is 16.8 Å². The Morgan fingerprint density at radius 2 is 1.52 bits per heavy atom. The van der Waals surface area contributed by atoms with Crippen LogP contribution in [0.5, 0.6) is 0 Å². The zero-order valence-corrected chi connectivity index (χ0v) is 12.9. The molecule has 5 nitrogen and oxygen atoms in total. The van der Waals surface area contributed by atoms with E-state index in [4.69, 9.17) is 4.74 Å². The normalized spacial score (nSPS) is 11.4. The maximum Gasteiger partial charge on any atom is 0.338 e. The first-order chi connectivity index (χ1) is 11.0. The van der Waals surface area contributed by atoms with E-state index in [1.807, 2.05) is 6.07 Å². The van der Waals surface area contributed by atoms with Crippen LogP contribution in [0, 0.1) is 0 Å². The number of benzene rings is 2. The molecule has 0 aromatic heterocycles. The third kappa shape index (κ3) is 4.51. The smallest absolute Gasteiger partial charge is 0.338 e. The molecule has 5 heteroatoms. The maximum atomic E-state index is 12.2. The summed E-state index contributed by atoms with van der Waals surface area (Å²) in [4.78, 5) is 35.2. The number of Topliss-reactive ketones (excluding diaryl/α,β-unsaturated/α-hetero) is 1. The van der Waals surface area contributed by atoms with E-state index in [9.17, 15) is 14.4 Å². The van der Waals surface area contributed by atoms with Crippen LogP contribution in [0.4, 0.5) is 5.69 Å². The van der Waals surface area contributed by atoms with Crippen LogP contribution in [0.3, 0.4) is 0 Å². The van der Waals surface area contributed by atoms with Gasteiger partial charge in [0.25, 0.3) is 0 Å².